The van der Waals surface area contributed by atoms with Crippen molar-refractivity contribution in [2.75, 3.05) is 6.54 Å². The molecule has 2 heteroatoms. The average molecular weight is 182 g/mol. The summed E-state index contributed by atoms with van der Waals surface area (Å²) in [5, 5.41) is 0. The van der Waals surface area contributed by atoms with Crippen molar-refractivity contribution in [2.45, 2.75) is 63.6 Å². The van der Waals surface area contributed by atoms with E-state index in [-0.39, 0.29) is 0 Å². The zero-order valence-corrected chi connectivity index (χ0v) is 8.71. The molecular formula is C11H22N2. The largest absolute Gasteiger partial charge is 0.328 e. The third-order valence-electron chi connectivity index (χ3n) is 3.64. The van der Waals surface area contributed by atoms with E-state index in [1.54, 1.807) is 0 Å². The van der Waals surface area contributed by atoms with Gasteiger partial charge in [0, 0.05) is 18.1 Å². The van der Waals surface area contributed by atoms with Crippen LogP contribution in [0.1, 0.15) is 45.4 Å². The summed E-state index contributed by atoms with van der Waals surface area (Å²) in [5.74, 6) is 0. The SMILES string of the molecule is CCCN1[C@H]2CCC[C@H]1CC(N)C2. The monoisotopic (exact) mass is 182 g/mol. The van der Waals surface area contributed by atoms with Crippen LogP contribution in [0.2, 0.25) is 0 Å². The van der Waals surface area contributed by atoms with Crippen LogP contribution in [0.3, 0.4) is 0 Å². The summed E-state index contributed by atoms with van der Waals surface area (Å²) in [4.78, 5) is 2.73. The topological polar surface area (TPSA) is 29.3 Å². The summed E-state index contributed by atoms with van der Waals surface area (Å²) in [6, 6.07) is 2.13. The first-order valence-electron chi connectivity index (χ1n) is 5.82. The lowest BCUT2D eigenvalue weighted by Crippen LogP contribution is -2.55. The van der Waals surface area contributed by atoms with Gasteiger partial charge in [0.1, 0.15) is 0 Å². The standard InChI is InChI=1S/C11H22N2/c1-2-6-13-10-4-3-5-11(13)8-9(12)7-10/h9-11H,2-8,12H2,1H3/t10-,11-/m0/s1. The number of fused-ring (bicyclic) bond motifs is 2. The van der Waals surface area contributed by atoms with Crippen LogP contribution in [0.15, 0.2) is 0 Å². The number of rotatable bonds is 2. The van der Waals surface area contributed by atoms with Crippen LogP contribution in [-0.2, 0) is 0 Å². The first kappa shape index (κ1) is 9.47. The van der Waals surface area contributed by atoms with Crippen molar-refractivity contribution in [3.05, 3.63) is 0 Å². The van der Waals surface area contributed by atoms with Crippen LogP contribution in [0, 0.1) is 0 Å². The third kappa shape index (κ3) is 1.89. The molecule has 0 aromatic rings. The Hall–Kier alpha value is -0.0800. The van der Waals surface area contributed by atoms with Crippen molar-refractivity contribution in [1.29, 1.82) is 0 Å². The van der Waals surface area contributed by atoms with Crippen LogP contribution < -0.4 is 5.73 Å². The van der Waals surface area contributed by atoms with Gasteiger partial charge in [0.25, 0.3) is 0 Å². The lowest BCUT2D eigenvalue weighted by molar-refractivity contribution is 0.0318. The van der Waals surface area contributed by atoms with Crippen molar-refractivity contribution in [3.8, 4) is 0 Å². The van der Waals surface area contributed by atoms with Gasteiger partial charge in [-0.2, -0.15) is 0 Å². The number of hydrogen-bond acceptors (Lipinski definition) is 2. The number of hydrogen-bond donors (Lipinski definition) is 1. The zero-order chi connectivity index (χ0) is 9.26. The second-order valence-electron chi connectivity index (χ2n) is 4.71. The van der Waals surface area contributed by atoms with Gasteiger partial charge < -0.3 is 5.73 Å². The Morgan fingerprint density at radius 1 is 1.23 bits per heavy atom. The molecule has 0 spiro atoms. The van der Waals surface area contributed by atoms with Crippen LogP contribution in [0.5, 0.6) is 0 Å². The molecule has 0 amide bonds. The highest BCUT2D eigenvalue weighted by atomic mass is 15.2. The fraction of sp³-hybridized carbons (Fsp3) is 1.00. The second-order valence-corrected chi connectivity index (χ2v) is 4.71. The highest BCUT2D eigenvalue weighted by Crippen LogP contribution is 2.33. The minimum atomic E-state index is 0.489. The van der Waals surface area contributed by atoms with E-state index in [9.17, 15) is 0 Å². The number of nitrogens with two attached hydrogens (primary N) is 1. The van der Waals surface area contributed by atoms with Gasteiger partial charge >= 0.3 is 0 Å². The lowest BCUT2D eigenvalue weighted by atomic mass is 9.82. The number of nitrogens with zero attached hydrogens (tertiary/aromatic N) is 1. The lowest BCUT2D eigenvalue weighted by Gasteiger charge is -2.48. The quantitative estimate of drug-likeness (QED) is 0.705. The summed E-state index contributed by atoms with van der Waals surface area (Å²) in [5.41, 5.74) is 6.06. The van der Waals surface area contributed by atoms with Crippen molar-refractivity contribution in [3.63, 3.8) is 0 Å². The van der Waals surface area contributed by atoms with Crippen molar-refractivity contribution < 1.29 is 0 Å². The Labute approximate surface area is 81.5 Å². The maximum absolute atomic E-state index is 6.06. The minimum Gasteiger partial charge on any atom is -0.328 e. The summed E-state index contributed by atoms with van der Waals surface area (Å²) in [6.45, 7) is 3.58. The fourth-order valence-corrected chi connectivity index (χ4v) is 3.14. The molecule has 2 fully saturated rings. The van der Waals surface area contributed by atoms with E-state index < -0.39 is 0 Å². The van der Waals surface area contributed by atoms with E-state index in [0.717, 1.165) is 12.1 Å². The molecule has 0 aromatic carbocycles. The van der Waals surface area contributed by atoms with Gasteiger partial charge in [-0.15, -0.1) is 0 Å². The molecule has 2 bridgehead atoms. The smallest absolute Gasteiger partial charge is 0.0113 e. The molecule has 2 atom stereocenters. The van der Waals surface area contributed by atoms with Crippen molar-refractivity contribution in [1.82, 2.24) is 4.90 Å². The van der Waals surface area contributed by atoms with Crippen molar-refractivity contribution in [2.24, 2.45) is 5.73 Å². The van der Waals surface area contributed by atoms with E-state index >= 15 is 0 Å². The maximum atomic E-state index is 6.06. The molecule has 2 N–H and O–H groups in total. The third-order valence-corrected chi connectivity index (χ3v) is 3.64. The van der Waals surface area contributed by atoms with Crippen LogP contribution in [0.25, 0.3) is 0 Å². The molecule has 2 aliphatic heterocycles. The van der Waals surface area contributed by atoms with Gasteiger partial charge in [-0.05, 0) is 38.6 Å². The molecule has 76 valence electrons. The predicted molar refractivity (Wildman–Crippen MR) is 55.6 cm³/mol. The van der Waals surface area contributed by atoms with Gasteiger partial charge in [0.2, 0.25) is 0 Å². The molecule has 2 saturated heterocycles. The highest BCUT2D eigenvalue weighted by Gasteiger charge is 2.35. The van der Waals surface area contributed by atoms with E-state index in [1.165, 1.54) is 45.1 Å². The van der Waals surface area contributed by atoms with Gasteiger partial charge in [-0.25, -0.2) is 0 Å². The molecule has 2 nitrogen and oxygen atoms in total. The van der Waals surface area contributed by atoms with E-state index in [1.807, 2.05) is 0 Å². The molecule has 13 heavy (non-hydrogen) atoms. The maximum Gasteiger partial charge on any atom is 0.0113 e. The Balaban J connectivity index is 2.01. The molecular weight excluding hydrogens is 160 g/mol. The second kappa shape index (κ2) is 3.97. The van der Waals surface area contributed by atoms with E-state index in [2.05, 4.69) is 11.8 Å². The van der Waals surface area contributed by atoms with Gasteiger partial charge in [-0.1, -0.05) is 13.3 Å². The van der Waals surface area contributed by atoms with Crippen LogP contribution >= 0.6 is 0 Å². The molecule has 0 aromatic heterocycles. The summed E-state index contributed by atoms with van der Waals surface area (Å²) >= 11 is 0. The van der Waals surface area contributed by atoms with E-state index in [4.69, 9.17) is 5.73 Å². The summed E-state index contributed by atoms with van der Waals surface area (Å²) in [6.07, 6.45) is 8.01. The van der Waals surface area contributed by atoms with Crippen LogP contribution in [-0.4, -0.2) is 29.6 Å². The van der Waals surface area contributed by atoms with E-state index in [0.29, 0.717) is 6.04 Å². The van der Waals surface area contributed by atoms with Gasteiger partial charge in [0.15, 0.2) is 0 Å². The Kier molecular flexibility index (Phi) is 2.89. The fourth-order valence-electron chi connectivity index (χ4n) is 3.14. The molecule has 0 radical (unpaired) electrons. The van der Waals surface area contributed by atoms with Gasteiger partial charge in [0.05, 0.1) is 0 Å². The summed E-state index contributed by atoms with van der Waals surface area (Å²) in [7, 11) is 0. The van der Waals surface area contributed by atoms with Crippen LogP contribution in [0.4, 0.5) is 0 Å². The molecule has 2 heterocycles. The Morgan fingerprint density at radius 2 is 1.85 bits per heavy atom. The first-order chi connectivity index (χ1) is 6.31. The van der Waals surface area contributed by atoms with Gasteiger partial charge in [-0.3, -0.25) is 4.90 Å². The first-order valence-corrected chi connectivity index (χ1v) is 5.82. The summed E-state index contributed by atoms with van der Waals surface area (Å²) < 4.78 is 0. The molecule has 0 unspecified atom stereocenters. The van der Waals surface area contributed by atoms with Crippen molar-refractivity contribution >= 4 is 0 Å². The predicted octanol–water partition coefficient (Wildman–Crippen LogP) is 1.74. The Bertz CT molecular complexity index is 155. The zero-order valence-electron chi connectivity index (χ0n) is 8.71. The highest BCUT2D eigenvalue weighted by molar-refractivity contribution is 4.93. The minimum absolute atomic E-state index is 0.489. The molecule has 0 aliphatic carbocycles. The number of piperidine rings is 2. The Morgan fingerprint density at radius 3 is 2.38 bits per heavy atom. The molecule has 2 rings (SSSR count). The molecule has 2 aliphatic rings. The normalized spacial score (nSPS) is 40.6. The molecule has 0 saturated carbocycles. The average Bonchev–Trinajstić information content (AvgIpc) is 2.07.